The van der Waals surface area contributed by atoms with Gasteiger partial charge >= 0.3 is 0 Å². The van der Waals surface area contributed by atoms with Gasteiger partial charge in [0.25, 0.3) is 0 Å². The molecule has 20 heavy (non-hydrogen) atoms. The summed E-state index contributed by atoms with van der Waals surface area (Å²) >= 11 is 1.77. The third-order valence-electron chi connectivity index (χ3n) is 3.48. The molecule has 1 aromatic heterocycles. The van der Waals surface area contributed by atoms with E-state index in [1.165, 1.54) is 15.6 Å². The number of phenols is 1. The van der Waals surface area contributed by atoms with Crippen LogP contribution in [-0.4, -0.2) is 5.11 Å². The first-order valence-electron chi connectivity index (χ1n) is 6.59. The molecule has 1 heterocycles. The molecule has 0 saturated carbocycles. The summed E-state index contributed by atoms with van der Waals surface area (Å²) in [6, 6.07) is 12.5. The molecule has 0 aliphatic carbocycles. The van der Waals surface area contributed by atoms with E-state index in [0.29, 0.717) is 5.75 Å². The molecule has 0 unspecified atom stereocenters. The minimum Gasteiger partial charge on any atom is -0.507 e. The molecule has 0 fully saturated rings. The maximum absolute atomic E-state index is 9.80. The monoisotopic (exact) mass is 280 g/mol. The molecule has 0 amide bonds. The van der Waals surface area contributed by atoms with Gasteiger partial charge in [-0.1, -0.05) is 30.4 Å². The Labute approximate surface area is 122 Å². The molecule has 2 aromatic carbocycles. The fourth-order valence-corrected chi connectivity index (χ4v) is 3.33. The summed E-state index contributed by atoms with van der Waals surface area (Å²) in [4.78, 5) is 0. The first-order chi connectivity index (χ1) is 9.65. The van der Waals surface area contributed by atoms with Crippen molar-refractivity contribution in [3.05, 3.63) is 64.0 Å². The van der Waals surface area contributed by atoms with Crippen LogP contribution in [0.15, 0.2) is 41.8 Å². The predicted molar refractivity (Wildman–Crippen MR) is 88.3 cm³/mol. The first-order valence-corrected chi connectivity index (χ1v) is 7.47. The van der Waals surface area contributed by atoms with Crippen LogP contribution in [0.2, 0.25) is 0 Å². The minimum atomic E-state index is 0.392. The Morgan fingerprint density at radius 2 is 1.70 bits per heavy atom. The predicted octanol–water partition coefficient (Wildman–Crippen LogP) is 5.39. The van der Waals surface area contributed by atoms with Crippen molar-refractivity contribution in [3.8, 4) is 5.75 Å². The SMILES string of the molecule is Cc1cc(/C=C/c2csc3ccccc23)cc(C)c1O. The zero-order valence-corrected chi connectivity index (χ0v) is 12.4. The van der Waals surface area contributed by atoms with Crippen molar-refractivity contribution in [2.24, 2.45) is 0 Å². The molecule has 0 spiro atoms. The van der Waals surface area contributed by atoms with E-state index in [4.69, 9.17) is 0 Å². The second kappa shape index (κ2) is 5.14. The second-order valence-electron chi connectivity index (χ2n) is 5.02. The third-order valence-corrected chi connectivity index (χ3v) is 4.46. The fourth-order valence-electron chi connectivity index (χ4n) is 2.40. The van der Waals surface area contributed by atoms with Gasteiger partial charge in [0.05, 0.1) is 0 Å². The molecule has 0 atom stereocenters. The van der Waals surface area contributed by atoms with Crippen molar-refractivity contribution in [2.45, 2.75) is 13.8 Å². The summed E-state index contributed by atoms with van der Waals surface area (Å²) in [5, 5.41) is 13.3. The van der Waals surface area contributed by atoms with Gasteiger partial charge in [-0.25, -0.2) is 0 Å². The quantitative estimate of drug-likeness (QED) is 0.667. The van der Waals surface area contributed by atoms with Crippen molar-refractivity contribution in [1.82, 2.24) is 0 Å². The Bertz CT molecular complexity index is 773. The molecule has 0 bridgehead atoms. The van der Waals surface area contributed by atoms with Crippen molar-refractivity contribution >= 4 is 33.6 Å². The molecular formula is C18H16OS. The average Bonchev–Trinajstić information content (AvgIpc) is 2.85. The van der Waals surface area contributed by atoms with Crippen LogP contribution >= 0.6 is 11.3 Å². The lowest BCUT2D eigenvalue weighted by atomic mass is 10.0. The largest absolute Gasteiger partial charge is 0.507 e. The summed E-state index contributed by atoms with van der Waals surface area (Å²) in [6.45, 7) is 3.86. The Kier molecular flexibility index (Phi) is 3.33. The summed E-state index contributed by atoms with van der Waals surface area (Å²) < 4.78 is 1.31. The number of aryl methyl sites for hydroxylation is 2. The lowest BCUT2D eigenvalue weighted by Gasteiger charge is -2.04. The van der Waals surface area contributed by atoms with Gasteiger partial charge in [-0.3, -0.25) is 0 Å². The number of benzene rings is 2. The molecule has 3 rings (SSSR count). The van der Waals surface area contributed by atoms with Gasteiger partial charge in [0.15, 0.2) is 0 Å². The van der Waals surface area contributed by atoms with Crippen LogP contribution in [0.1, 0.15) is 22.3 Å². The van der Waals surface area contributed by atoms with E-state index in [-0.39, 0.29) is 0 Å². The van der Waals surface area contributed by atoms with Gasteiger partial charge in [0.2, 0.25) is 0 Å². The van der Waals surface area contributed by atoms with Crippen LogP contribution in [-0.2, 0) is 0 Å². The maximum Gasteiger partial charge on any atom is 0.121 e. The topological polar surface area (TPSA) is 20.2 Å². The highest BCUT2D eigenvalue weighted by atomic mass is 32.1. The number of fused-ring (bicyclic) bond motifs is 1. The van der Waals surface area contributed by atoms with Gasteiger partial charge in [0.1, 0.15) is 5.75 Å². The molecule has 100 valence electrons. The molecule has 0 aliphatic rings. The maximum atomic E-state index is 9.80. The molecule has 0 aliphatic heterocycles. The average molecular weight is 280 g/mol. The van der Waals surface area contributed by atoms with E-state index < -0.39 is 0 Å². The highest BCUT2D eigenvalue weighted by Gasteiger charge is 2.02. The normalized spacial score (nSPS) is 11.5. The molecule has 0 saturated heterocycles. The Balaban J connectivity index is 1.98. The van der Waals surface area contributed by atoms with Gasteiger partial charge < -0.3 is 5.11 Å². The number of aromatic hydroxyl groups is 1. The number of hydrogen-bond donors (Lipinski definition) is 1. The smallest absolute Gasteiger partial charge is 0.121 e. The van der Waals surface area contributed by atoms with Crippen molar-refractivity contribution in [2.75, 3.05) is 0 Å². The summed E-state index contributed by atoms with van der Waals surface area (Å²) in [7, 11) is 0. The van der Waals surface area contributed by atoms with Crippen LogP contribution in [0.5, 0.6) is 5.75 Å². The summed E-state index contributed by atoms with van der Waals surface area (Å²) in [6.07, 6.45) is 4.25. The third kappa shape index (κ3) is 2.35. The molecule has 1 N–H and O–H groups in total. The molecule has 1 nitrogen and oxygen atoms in total. The lowest BCUT2D eigenvalue weighted by Crippen LogP contribution is -1.82. The Hall–Kier alpha value is -2.06. The highest BCUT2D eigenvalue weighted by Crippen LogP contribution is 2.28. The van der Waals surface area contributed by atoms with E-state index in [9.17, 15) is 5.11 Å². The van der Waals surface area contributed by atoms with Gasteiger partial charge in [-0.2, -0.15) is 0 Å². The first kappa shape index (κ1) is 12.9. The number of thiophene rings is 1. The minimum absolute atomic E-state index is 0.392. The van der Waals surface area contributed by atoms with Crippen LogP contribution in [0.4, 0.5) is 0 Å². The lowest BCUT2D eigenvalue weighted by molar-refractivity contribution is 0.467. The van der Waals surface area contributed by atoms with Crippen LogP contribution in [0, 0.1) is 13.8 Å². The molecule has 2 heteroatoms. The molecular weight excluding hydrogens is 264 g/mol. The van der Waals surface area contributed by atoms with E-state index in [1.807, 2.05) is 26.0 Å². The number of rotatable bonds is 2. The molecule has 3 aromatic rings. The van der Waals surface area contributed by atoms with E-state index in [1.54, 1.807) is 11.3 Å². The van der Waals surface area contributed by atoms with Crippen LogP contribution in [0.3, 0.4) is 0 Å². The molecule has 0 radical (unpaired) electrons. The van der Waals surface area contributed by atoms with E-state index >= 15 is 0 Å². The fraction of sp³-hybridized carbons (Fsp3) is 0.111. The van der Waals surface area contributed by atoms with Crippen molar-refractivity contribution in [1.29, 1.82) is 0 Å². The highest BCUT2D eigenvalue weighted by molar-refractivity contribution is 7.17. The summed E-state index contributed by atoms with van der Waals surface area (Å²) in [5.41, 5.74) is 4.20. The van der Waals surface area contributed by atoms with Gasteiger partial charge in [-0.05, 0) is 65.1 Å². The van der Waals surface area contributed by atoms with Crippen LogP contribution < -0.4 is 0 Å². The van der Waals surface area contributed by atoms with Crippen molar-refractivity contribution < 1.29 is 5.11 Å². The van der Waals surface area contributed by atoms with E-state index in [0.717, 1.165) is 16.7 Å². The number of phenolic OH excluding ortho intramolecular Hbond substituents is 1. The second-order valence-corrected chi connectivity index (χ2v) is 5.94. The zero-order valence-electron chi connectivity index (χ0n) is 11.6. The van der Waals surface area contributed by atoms with Gasteiger partial charge in [0, 0.05) is 4.70 Å². The Morgan fingerprint density at radius 1 is 1.00 bits per heavy atom. The Morgan fingerprint density at radius 3 is 2.45 bits per heavy atom. The van der Waals surface area contributed by atoms with E-state index in [2.05, 4.69) is 41.8 Å². The number of hydrogen-bond acceptors (Lipinski definition) is 2. The van der Waals surface area contributed by atoms with Crippen LogP contribution in [0.25, 0.3) is 22.2 Å². The standard InChI is InChI=1S/C18H16OS/c1-12-9-14(10-13(2)18(12)19)7-8-15-11-20-17-6-4-3-5-16(15)17/h3-11,19H,1-2H3/b8-7+. The zero-order chi connectivity index (χ0) is 14.1. The van der Waals surface area contributed by atoms with Gasteiger partial charge in [-0.15, -0.1) is 11.3 Å². The summed E-state index contributed by atoms with van der Waals surface area (Å²) in [5.74, 6) is 0.392. The van der Waals surface area contributed by atoms with Crippen molar-refractivity contribution in [3.63, 3.8) is 0 Å².